The van der Waals surface area contributed by atoms with E-state index in [4.69, 9.17) is 9.68 Å². The first-order valence-corrected chi connectivity index (χ1v) is 7.65. The van der Waals surface area contributed by atoms with E-state index in [1.807, 2.05) is 13.0 Å². The summed E-state index contributed by atoms with van der Waals surface area (Å²) < 4.78 is 5.22. The minimum Gasteiger partial charge on any atom is -0.468 e. The lowest BCUT2D eigenvalue weighted by Crippen LogP contribution is -2.12. The van der Waals surface area contributed by atoms with Gasteiger partial charge in [-0.25, -0.2) is 0 Å². The van der Waals surface area contributed by atoms with Gasteiger partial charge in [0, 0.05) is 11.3 Å². The maximum absolute atomic E-state index is 11.9. The average molecular weight is 300 g/mol. The third-order valence-corrected chi connectivity index (χ3v) is 4.17. The van der Waals surface area contributed by atoms with Crippen molar-refractivity contribution < 1.29 is 9.21 Å². The van der Waals surface area contributed by atoms with Gasteiger partial charge in [0.15, 0.2) is 0 Å². The van der Waals surface area contributed by atoms with Gasteiger partial charge < -0.3 is 9.73 Å². The molecule has 2 rings (SSSR count). The lowest BCUT2D eigenvalue weighted by atomic mass is 10.2. The van der Waals surface area contributed by atoms with Gasteiger partial charge in [0.2, 0.25) is 5.91 Å². The normalized spacial score (nSPS) is 10.1. The Bertz CT molecular complexity index is 658. The number of nitriles is 1. The highest BCUT2D eigenvalue weighted by Gasteiger charge is 2.07. The molecular weight excluding hydrogens is 284 g/mol. The average Bonchev–Trinajstić information content (AvgIpc) is 2.89. The van der Waals surface area contributed by atoms with Gasteiger partial charge in [0.25, 0.3) is 0 Å². The smallest absolute Gasteiger partial charge is 0.224 e. The fraction of sp³-hybridized carbons (Fsp3) is 0.250. The van der Waals surface area contributed by atoms with E-state index in [1.165, 1.54) is 0 Å². The predicted molar refractivity (Wildman–Crippen MR) is 83.2 cm³/mol. The van der Waals surface area contributed by atoms with Crippen molar-refractivity contribution in [1.29, 1.82) is 5.26 Å². The Kier molecular flexibility index (Phi) is 5.47. The van der Waals surface area contributed by atoms with Crippen molar-refractivity contribution in [2.24, 2.45) is 0 Å². The number of nitrogens with zero attached hydrogens (tertiary/aromatic N) is 1. The Balaban J connectivity index is 1.75. The number of hydrogen-bond acceptors (Lipinski definition) is 4. The molecule has 0 saturated carbocycles. The summed E-state index contributed by atoms with van der Waals surface area (Å²) in [7, 11) is 0. The van der Waals surface area contributed by atoms with E-state index in [2.05, 4.69) is 11.4 Å². The number of thioether (sulfide) groups is 1. The van der Waals surface area contributed by atoms with Gasteiger partial charge in [0.1, 0.15) is 11.8 Å². The maximum Gasteiger partial charge on any atom is 0.224 e. The summed E-state index contributed by atoms with van der Waals surface area (Å²) >= 11 is 1.68. The van der Waals surface area contributed by atoms with Crippen molar-refractivity contribution in [3.63, 3.8) is 0 Å². The predicted octanol–water partition coefficient (Wildman–Crippen LogP) is 3.97. The number of anilines is 1. The summed E-state index contributed by atoms with van der Waals surface area (Å²) in [4.78, 5) is 13.0. The fourth-order valence-electron chi connectivity index (χ4n) is 1.84. The lowest BCUT2D eigenvalue weighted by molar-refractivity contribution is -0.116. The van der Waals surface area contributed by atoms with E-state index in [9.17, 15) is 4.79 Å². The second-order valence-electron chi connectivity index (χ2n) is 4.50. The monoisotopic (exact) mass is 300 g/mol. The molecule has 0 bridgehead atoms. The van der Waals surface area contributed by atoms with Crippen LogP contribution in [0.15, 0.2) is 45.9 Å². The molecule has 1 heterocycles. The Morgan fingerprint density at radius 1 is 1.38 bits per heavy atom. The van der Waals surface area contributed by atoms with Crippen LogP contribution in [0.1, 0.15) is 24.2 Å². The molecule has 1 amide bonds. The van der Waals surface area contributed by atoms with Crippen LogP contribution >= 0.6 is 11.8 Å². The Hall–Kier alpha value is -2.19. The summed E-state index contributed by atoms with van der Waals surface area (Å²) in [5.41, 5.74) is 1.05. The molecule has 5 heteroatoms. The molecule has 1 N–H and O–H groups in total. The summed E-state index contributed by atoms with van der Waals surface area (Å²) in [5.74, 6) is 1.70. The van der Waals surface area contributed by atoms with Gasteiger partial charge in [0.05, 0.1) is 17.5 Å². The molecule has 0 aliphatic carbocycles. The molecule has 0 fully saturated rings. The summed E-state index contributed by atoms with van der Waals surface area (Å²) in [6.07, 6.45) is 2.88. The highest BCUT2D eigenvalue weighted by atomic mass is 32.2. The SMILES string of the molecule is Cc1occc1SCCCC(=O)Nc1ccccc1C#N. The van der Waals surface area contributed by atoms with Gasteiger partial charge in [-0.15, -0.1) is 11.8 Å². The molecule has 0 aliphatic heterocycles. The zero-order chi connectivity index (χ0) is 15.1. The summed E-state index contributed by atoms with van der Waals surface area (Å²) in [6, 6.07) is 11.0. The number of para-hydroxylation sites is 1. The number of aryl methyl sites for hydroxylation is 1. The van der Waals surface area contributed by atoms with Crippen LogP contribution < -0.4 is 5.32 Å². The molecule has 0 aliphatic rings. The number of furan rings is 1. The Morgan fingerprint density at radius 3 is 2.90 bits per heavy atom. The molecule has 0 saturated heterocycles. The second-order valence-corrected chi connectivity index (χ2v) is 5.64. The van der Waals surface area contributed by atoms with Crippen molar-refractivity contribution in [2.75, 3.05) is 11.1 Å². The van der Waals surface area contributed by atoms with E-state index in [0.717, 1.165) is 22.8 Å². The van der Waals surface area contributed by atoms with Crippen molar-refractivity contribution in [1.82, 2.24) is 0 Å². The molecule has 0 atom stereocenters. The molecule has 21 heavy (non-hydrogen) atoms. The second kappa shape index (κ2) is 7.55. The fourth-order valence-corrected chi connectivity index (χ4v) is 2.75. The summed E-state index contributed by atoms with van der Waals surface area (Å²) in [5, 5.41) is 11.7. The van der Waals surface area contributed by atoms with E-state index in [0.29, 0.717) is 17.7 Å². The van der Waals surface area contributed by atoms with Gasteiger partial charge in [-0.05, 0) is 37.3 Å². The first kappa shape index (κ1) is 15.2. The van der Waals surface area contributed by atoms with Gasteiger partial charge in [-0.3, -0.25) is 4.79 Å². The van der Waals surface area contributed by atoms with Crippen molar-refractivity contribution in [3.05, 3.63) is 47.9 Å². The number of carbonyl (C=O) groups excluding carboxylic acids is 1. The largest absolute Gasteiger partial charge is 0.468 e. The van der Waals surface area contributed by atoms with Gasteiger partial charge in [-0.1, -0.05) is 12.1 Å². The molecule has 1 aromatic carbocycles. The number of amides is 1. The minimum absolute atomic E-state index is 0.0674. The van der Waals surface area contributed by atoms with Crippen LogP contribution in [-0.2, 0) is 4.79 Å². The standard InChI is InChI=1S/C16H16N2O2S/c1-12-15(8-9-20-12)21-10-4-7-16(19)18-14-6-3-2-5-13(14)11-17/h2-3,5-6,8-9H,4,7,10H2,1H3,(H,18,19). The molecule has 4 nitrogen and oxygen atoms in total. The number of nitrogens with one attached hydrogen (secondary N) is 1. The molecule has 108 valence electrons. The number of rotatable bonds is 6. The number of benzene rings is 1. The van der Waals surface area contributed by atoms with E-state index >= 15 is 0 Å². The van der Waals surface area contributed by atoms with E-state index in [-0.39, 0.29) is 5.91 Å². The van der Waals surface area contributed by atoms with Crippen molar-refractivity contribution in [2.45, 2.75) is 24.7 Å². The third kappa shape index (κ3) is 4.40. The van der Waals surface area contributed by atoms with Crippen molar-refractivity contribution >= 4 is 23.4 Å². The molecule has 0 unspecified atom stereocenters. The van der Waals surface area contributed by atoms with Crippen LogP contribution in [0.5, 0.6) is 0 Å². The molecule has 0 spiro atoms. The van der Waals surface area contributed by atoms with Crippen LogP contribution in [0.3, 0.4) is 0 Å². The van der Waals surface area contributed by atoms with E-state index in [1.54, 1.807) is 42.3 Å². The first-order chi connectivity index (χ1) is 10.2. The molecule has 2 aromatic rings. The molecule has 0 radical (unpaired) electrons. The zero-order valence-corrected chi connectivity index (χ0v) is 12.6. The lowest BCUT2D eigenvalue weighted by Gasteiger charge is -2.06. The van der Waals surface area contributed by atoms with Crippen LogP contribution in [0.2, 0.25) is 0 Å². The summed E-state index contributed by atoms with van der Waals surface area (Å²) in [6.45, 7) is 1.92. The Labute approximate surface area is 128 Å². The molecule has 1 aromatic heterocycles. The topological polar surface area (TPSA) is 66.0 Å². The van der Waals surface area contributed by atoms with Crippen molar-refractivity contribution in [3.8, 4) is 6.07 Å². The highest BCUT2D eigenvalue weighted by molar-refractivity contribution is 7.99. The van der Waals surface area contributed by atoms with Crippen LogP contribution in [0.4, 0.5) is 5.69 Å². The van der Waals surface area contributed by atoms with Gasteiger partial charge in [-0.2, -0.15) is 5.26 Å². The van der Waals surface area contributed by atoms with E-state index < -0.39 is 0 Å². The van der Waals surface area contributed by atoms with Crippen LogP contribution in [0.25, 0.3) is 0 Å². The Morgan fingerprint density at radius 2 is 2.19 bits per heavy atom. The number of hydrogen-bond donors (Lipinski definition) is 1. The third-order valence-electron chi connectivity index (χ3n) is 2.94. The van der Waals surface area contributed by atoms with Crippen LogP contribution in [0, 0.1) is 18.3 Å². The number of carbonyl (C=O) groups is 1. The maximum atomic E-state index is 11.9. The first-order valence-electron chi connectivity index (χ1n) is 6.66. The van der Waals surface area contributed by atoms with Crippen LogP contribution in [-0.4, -0.2) is 11.7 Å². The van der Waals surface area contributed by atoms with Gasteiger partial charge >= 0.3 is 0 Å². The highest BCUT2D eigenvalue weighted by Crippen LogP contribution is 2.24. The quantitative estimate of drug-likeness (QED) is 0.647. The molecular formula is C16H16N2O2S. The minimum atomic E-state index is -0.0674. The zero-order valence-electron chi connectivity index (χ0n) is 11.8.